The maximum Gasteiger partial charge on any atom is 0.311 e. The van der Waals surface area contributed by atoms with E-state index >= 15 is 0 Å². The van der Waals surface area contributed by atoms with Crippen molar-refractivity contribution in [2.75, 3.05) is 18.0 Å². The maximum absolute atomic E-state index is 13.0. The maximum atomic E-state index is 13.0. The minimum Gasteiger partial charge on any atom is -0.502 e. The molecule has 0 spiro atoms. The number of halogens is 1. The highest BCUT2D eigenvalue weighted by Gasteiger charge is 2.18. The van der Waals surface area contributed by atoms with Gasteiger partial charge in [-0.25, -0.2) is 5.43 Å². The van der Waals surface area contributed by atoms with E-state index in [0.29, 0.717) is 5.56 Å². The Hall–Kier alpha value is -4.70. The van der Waals surface area contributed by atoms with Crippen LogP contribution in [0.1, 0.15) is 35.3 Å². The molecule has 10 nitrogen and oxygen atoms in total. The molecule has 2 amide bonds. The van der Waals surface area contributed by atoms with Gasteiger partial charge in [0.2, 0.25) is 5.75 Å². The molecule has 0 bridgehead atoms. The number of aromatic hydroxyl groups is 1. The first-order valence-electron chi connectivity index (χ1n) is 11.7. The van der Waals surface area contributed by atoms with Gasteiger partial charge >= 0.3 is 5.69 Å². The molecule has 0 aliphatic heterocycles. The molecule has 0 aliphatic carbocycles. The van der Waals surface area contributed by atoms with Crippen LogP contribution in [0.5, 0.6) is 5.75 Å². The van der Waals surface area contributed by atoms with Crippen LogP contribution in [0.4, 0.5) is 11.4 Å². The lowest BCUT2D eigenvalue weighted by atomic mass is 10.1. The van der Waals surface area contributed by atoms with E-state index in [2.05, 4.69) is 34.6 Å². The van der Waals surface area contributed by atoms with Gasteiger partial charge in [0.1, 0.15) is 5.70 Å². The number of hydrazone groups is 1. The number of nitrogens with zero attached hydrogens (tertiary/aromatic N) is 3. The minimum atomic E-state index is -0.764. The quantitative estimate of drug-likeness (QED) is 0.149. The van der Waals surface area contributed by atoms with E-state index in [1.54, 1.807) is 18.2 Å². The van der Waals surface area contributed by atoms with E-state index in [0.717, 1.165) is 31.1 Å². The molecule has 3 aromatic carbocycles. The zero-order valence-electron chi connectivity index (χ0n) is 20.7. The van der Waals surface area contributed by atoms with Gasteiger partial charge < -0.3 is 15.3 Å². The Kier molecular flexibility index (Phi) is 9.55. The van der Waals surface area contributed by atoms with Crippen LogP contribution in [-0.4, -0.2) is 41.1 Å². The molecule has 0 atom stereocenters. The molecule has 38 heavy (non-hydrogen) atoms. The highest BCUT2D eigenvalue weighted by molar-refractivity contribution is 6.34. The summed E-state index contributed by atoms with van der Waals surface area (Å²) in [5, 5.41) is 27.7. The summed E-state index contributed by atoms with van der Waals surface area (Å²) in [6.45, 7) is 5.78. The number of hydrogen-bond donors (Lipinski definition) is 3. The number of phenolic OH excluding ortho intramolecular Hbond substituents is 1. The summed E-state index contributed by atoms with van der Waals surface area (Å²) in [5.74, 6) is -1.96. The van der Waals surface area contributed by atoms with E-state index in [1.807, 2.05) is 24.3 Å². The molecule has 3 N–H and O–H groups in total. The number of carbonyl (C=O) groups is 2. The van der Waals surface area contributed by atoms with Gasteiger partial charge in [-0.1, -0.05) is 41.9 Å². The van der Waals surface area contributed by atoms with Crippen LogP contribution in [0.25, 0.3) is 6.08 Å². The Bertz CT molecular complexity index is 1380. The van der Waals surface area contributed by atoms with Crippen LogP contribution in [0.2, 0.25) is 5.02 Å². The monoisotopic (exact) mass is 535 g/mol. The largest absolute Gasteiger partial charge is 0.502 e. The molecule has 0 fully saturated rings. The standard InChI is InChI=1S/C27H26ClN5O5/c1-3-32(4-2)20-14-12-18(13-15-20)16-23(30-26(35)21-9-5-6-10-22(21)28)27(36)31-29-17-19-8-7-11-24(25(19)34)33(37)38/h5-17,34H,3-4H2,1-2H3,(H,30,35)(H,31,36)/b23-16+,29-17+. The number of nitro groups is 1. The van der Waals surface area contributed by atoms with Gasteiger partial charge in [-0.2, -0.15) is 5.10 Å². The highest BCUT2D eigenvalue weighted by Crippen LogP contribution is 2.28. The smallest absolute Gasteiger partial charge is 0.311 e. The van der Waals surface area contributed by atoms with Crippen LogP contribution in [0, 0.1) is 10.1 Å². The third kappa shape index (κ3) is 6.95. The number of hydrogen-bond acceptors (Lipinski definition) is 7. The van der Waals surface area contributed by atoms with Crippen molar-refractivity contribution >= 4 is 47.1 Å². The van der Waals surface area contributed by atoms with E-state index < -0.39 is 28.2 Å². The average Bonchev–Trinajstić information content (AvgIpc) is 2.90. The van der Waals surface area contributed by atoms with Crippen molar-refractivity contribution in [1.82, 2.24) is 10.7 Å². The normalized spacial score (nSPS) is 11.3. The van der Waals surface area contributed by atoms with Crippen LogP contribution >= 0.6 is 11.6 Å². The Balaban J connectivity index is 1.88. The highest BCUT2D eigenvalue weighted by atomic mass is 35.5. The summed E-state index contributed by atoms with van der Waals surface area (Å²) in [4.78, 5) is 38.3. The summed E-state index contributed by atoms with van der Waals surface area (Å²) < 4.78 is 0. The van der Waals surface area contributed by atoms with Gasteiger partial charge in [0.15, 0.2) is 0 Å². The third-order valence-electron chi connectivity index (χ3n) is 5.56. The summed E-state index contributed by atoms with van der Waals surface area (Å²) in [7, 11) is 0. The molecule has 0 aromatic heterocycles. The minimum absolute atomic E-state index is 0.0251. The van der Waals surface area contributed by atoms with Crippen molar-refractivity contribution in [3.63, 3.8) is 0 Å². The number of amides is 2. The lowest BCUT2D eigenvalue weighted by Gasteiger charge is -2.21. The lowest BCUT2D eigenvalue weighted by molar-refractivity contribution is -0.385. The van der Waals surface area contributed by atoms with Crippen molar-refractivity contribution in [2.45, 2.75) is 13.8 Å². The predicted molar refractivity (Wildman–Crippen MR) is 147 cm³/mol. The molecule has 0 aliphatic rings. The molecule has 0 radical (unpaired) electrons. The predicted octanol–water partition coefficient (Wildman–Crippen LogP) is 4.72. The van der Waals surface area contributed by atoms with E-state index in [1.165, 1.54) is 24.3 Å². The lowest BCUT2D eigenvalue weighted by Crippen LogP contribution is -2.33. The number of carbonyl (C=O) groups excluding carboxylic acids is 2. The van der Waals surface area contributed by atoms with Crippen molar-refractivity contribution in [3.05, 3.63) is 104 Å². The summed E-state index contributed by atoms with van der Waals surface area (Å²) in [5.41, 5.74) is 3.51. The second-order valence-corrected chi connectivity index (χ2v) is 8.33. The van der Waals surface area contributed by atoms with Crippen LogP contribution < -0.4 is 15.6 Å². The Morgan fingerprint density at radius 2 is 1.74 bits per heavy atom. The number of rotatable bonds is 10. The summed E-state index contributed by atoms with van der Waals surface area (Å²) in [6, 6.07) is 17.8. The number of benzene rings is 3. The average molecular weight is 536 g/mol. The van der Waals surface area contributed by atoms with E-state index in [-0.39, 0.29) is 21.8 Å². The van der Waals surface area contributed by atoms with E-state index in [4.69, 9.17) is 11.6 Å². The number of phenols is 1. The molecule has 11 heteroatoms. The van der Waals surface area contributed by atoms with Crippen LogP contribution in [0.15, 0.2) is 77.5 Å². The van der Waals surface area contributed by atoms with Crippen LogP contribution in [-0.2, 0) is 4.79 Å². The molecule has 0 saturated carbocycles. The molecule has 0 saturated heterocycles. The second kappa shape index (κ2) is 13.0. The Morgan fingerprint density at radius 1 is 1.05 bits per heavy atom. The van der Waals surface area contributed by atoms with Crippen molar-refractivity contribution in [3.8, 4) is 5.75 Å². The molecule has 3 rings (SSSR count). The molecule has 196 valence electrons. The zero-order valence-corrected chi connectivity index (χ0v) is 21.5. The van der Waals surface area contributed by atoms with Gasteiger partial charge in [0.05, 0.1) is 21.7 Å². The van der Waals surface area contributed by atoms with E-state index in [9.17, 15) is 24.8 Å². The van der Waals surface area contributed by atoms with Crippen molar-refractivity contribution in [1.29, 1.82) is 0 Å². The fourth-order valence-corrected chi connectivity index (χ4v) is 3.77. The molecule has 0 heterocycles. The molecule has 0 unspecified atom stereocenters. The molecule has 3 aromatic rings. The SMILES string of the molecule is CCN(CC)c1ccc(/C=C(/NC(=O)c2ccccc2Cl)C(=O)N/N=C/c2cccc([N+](=O)[O-])c2O)cc1. The van der Waals surface area contributed by atoms with Crippen molar-refractivity contribution < 1.29 is 19.6 Å². The summed E-state index contributed by atoms with van der Waals surface area (Å²) >= 11 is 6.14. The fraction of sp³-hybridized carbons (Fsp3) is 0.148. The zero-order chi connectivity index (χ0) is 27.7. The molecular formula is C27H26ClN5O5. The van der Waals surface area contributed by atoms with Gasteiger partial charge in [0.25, 0.3) is 11.8 Å². The summed E-state index contributed by atoms with van der Waals surface area (Å²) in [6.07, 6.45) is 2.54. The number of nitro benzene ring substituents is 1. The van der Waals surface area contributed by atoms with Gasteiger partial charge in [-0.05, 0) is 55.8 Å². The first-order chi connectivity index (χ1) is 18.2. The molecular weight excluding hydrogens is 510 g/mol. The number of para-hydroxylation sites is 1. The van der Waals surface area contributed by atoms with Gasteiger partial charge in [0, 0.05) is 30.4 Å². The first-order valence-corrected chi connectivity index (χ1v) is 12.0. The fourth-order valence-electron chi connectivity index (χ4n) is 3.55. The Labute approximate surface area is 224 Å². The van der Waals surface area contributed by atoms with Gasteiger partial charge in [-0.3, -0.25) is 19.7 Å². The first kappa shape index (κ1) is 27.9. The Morgan fingerprint density at radius 3 is 2.37 bits per heavy atom. The topological polar surface area (TPSA) is 137 Å². The van der Waals surface area contributed by atoms with Crippen molar-refractivity contribution in [2.24, 2.45) is 5.10 Å². The number of nitrogens with one attached hydrogen (secondary N) is 2. The number of anilines is 1. The second-order valence-electron chi connectivity index (χ2n) is 7.93. The van der Waals surface area contributed by atoms with Crippen LogP contribution in [0.3, 0.4) is 0 Å². The van der Waals surface area contributed by atoms with Gasteiger partial charge in [-0.15, -0.1) is 0 Å². The third-order valence-corrected chi connectivity index (χ3v) is 5.89.